The molecule has 1 aromatic heterocycles. The van der Waals surface area contributed by atoms with Gasteiger partial charge < -0.3 is 5.11 Å². The number of carboxylic acid groups (broad SMARTS) is 1. The van der Waals surface area contributed by atoms with Crippen LogP contribution in [-0.2, 0) is 15.0 Å². The van der Waals surface area contributed by atoms with Gasteiger partial charge >= 0.3 is 16.2 Å². The average Bonchev–Trinajstić information content (AvgIpc) is 2.38. The second-order valence-corrected chi connectivity index (χ2v) is 6.54. The van der Waals surface area contributed by atoms with Crippen LogP contribution in [0, 0.1) is 5.92 Å². The van der Waals surface area contributed by atoms with Crippen molar-refractivity contribution in [3.05, 3.63) is 23.5 Å². The van der Waals surface area contributed by atoms with E-state index in [1.807, 2.05) is 0 Å². The number of carbonyl (C=O) groups is 1. The summed E-state index contributed by atoms with van der Waals surface area (Å²) >= 11 is 5.69. The Morgan fingerprint density at radius 3 is 2.65 bits per heavy atom. The lowest BCUT2D eigenvalue weighted by Gasteiger charge is -2.29. The van der Waals surface area contributed by atoms with Gasteiger partial charge in [0, 0.05) is 19.3 Å². The molecule has 2 N–H and O–H groups in total. The van der Waals surface area contributed by atoms with Crippen LogP contribution in [0.15, 0.2) is 18.3 Å². The molecule has 0 spiro atoms. The maximum atomic E-state index is 12.1. The number of nitrogens with zero attached hydrogens (tertiary/aromatic N) is 2. The van der Waals surface area contributed by atoms with Gasteiger partial charge in [0.15, 0.2) is 0 Å². The van der Waals surface area contributed by atoms with Gasteiger partial charge in [0.25, 0.3) is 0 Å². The smallest absolute Gasteiger partial charge is 0.306 e. The summed E-state index contributed by atoms with van der Waals surface area (Å²) in [5.74, 6) is -1.35. The maximum absolute atomic E-state index is 12.1. The molecular formula is C11H14ClN3O4S. The molecular weight excluding hydrogens is 306 g/mol. The largest absolute Gasteiger partial charge is 0.481 e. The Kier molecular flexibility index (Phi) is 4.46. The Morgan fingerprint density at radius 1 is 1.45 bits per heavy atom. The van der Waals surface area contributed by atoms with Crippen LogP contribution in [0.4, 0.5) is 5.69 Å². The lowest BCUT2D eigenvalue weighted by Crippen LogP contribution is -2.42. The first-order valence-electron chi connectivity index (χ1n) is 6.01. The number of aromatic nitrogens is 1. The van der Waals surface area contributed by atoms with Gasteiger partial charge in [-0.1, -0.05) is 11.6 Å². The van der Waals surface area contributed by atoms with Crippen molar-refractivity contribution in [1.82, 2.24) is 9.29 Å². The van der Waals surface area contributed by atoms with Crippen molar-refractivity contribution in [1.29, 1.82) is 0 Å². The summed E-state index contributed by atoms with van der Waals surface area (Å²) < 4.78 is 27.9. The molecule has 1 saturated heterocycles. The van der Waals surface area contributed by atoms with E-state index in [2.05, 4.69) is 9.71 Å². The van der Waals surface area contributed by atoms with Crippen LogP contribution in [0.2, 0.25) is 5.15 Å². The Bertz CT molecular complexity index is 599. The van der Waals surface area contributed by atoms with E-state index >= 15 is 0 Å². The molecule has 2 rings (SSSR count). The quantitative estimate of drug-likeness (QED) is 0.812. The standard InChI is InChI=1S/C11H14ClN3O4S/c12-10-7-9(1-4-13-10)14-20(18,19)15-5-2-8(3-6-15)11(16)17/h1,4,7-8H,2-3,5-6H2,(H,13,14)(H,16,17). The number of aliphatic carboxylic acids is 1. The molecule has 0 unspecified atom stereocenters. The lowest BCUT2D eigenvalue weighted by atomic mass is 9.99. The third-order valence-corrected chi connectivity index (χ3v) is 4.86. The Hall–Kier alpha value is -1.38. The second kappa shape index (κ2) is 5.94. The molecule has 0 bridgehead atoms. The van der Waals surface area contributed by atoms with E-state index in [0.717, 1.165) is 0 Å². The number of nitrogens with one attached hydrogen (secondary N) is 1. The van der Waals surface area contributed by atoms with E-state index in [4.69, 9.17) is 16.7 Å². The third kappa shape index (κ3) is 3.59. The topological polar surface area (TPSA) is 99.6 Å². The molecule has 0 radical (unpaired) electrons. The van der Waals surface area contributed by atoms with Crippen LogP contribution >= 0.6 is 11.6 Å². The van der Waals surface area contributed by atoms with Crippen LogP contribution in [0.1, 0.15) is 12.8 Å². The van der Waals surface area contributed by atoms with Crippen LogP contribution in [0.3, 0.4) is 0 Å². The van der Waals surface area contributed by atoms with E-state index in [0.29, 0.717) is 18.5 Å². The van der Waals surface area contributed by atoms with Gasteiger partial charge in [0.1, 0.15) is 5.15 Å². The molecule has 20 heavy (non-hydrogen) atoms. The summed E-state index contributed by atoms with van der Waals surface area (Å²) in [6.45, 7) is 0.371. The number of hydrogen-bond acceptors (Lipinski definition) is 4. The summed E-state index contributed by atoms with van der Waals surface area (Å²) in [7, 11) is -3.70. The molecule has 1 fully saturated rings. The van der Waals surface area contributed by atoms with Gasteiger partial charge in [-0.15, -0.1) is 0 Å². The van der Waals surface area contributed by atoms with Crippen molar-refractivity contribution in [2.45, 2.75) is 12.8 Å². The zero-order valence-electron chi connectivity index (χ0n) is 10.5. The summed E-state index contributed by atoms with van der Waals surface area (Å²) in [4.78, 5) is 14.6. The summed E-state index contributed by atoms with van der Waals surface area (Å²) in [5, 5.41) is 9.08. The fourth-order valence-corrected chi connectivity index (χ4v) is 3.44. The molecule has 7 nitrogen and oxygen atoms in total. The highest BCUT2D eigenvalue weighted by Gasteiger charge is 2.30. The Morgan fingerprint density at radius 2 is 2.10 bits per heavy atom. The molecule has 0 saturated carbocycles. The van der Waals surface area contributed by atoms with Crippen molar-refractivity contribution in [2.75, 3.05) is 17.8 Å². The van der Waals surface area contributed by atoms with Crippen molar-refractivity contribution < 1.29 is 18.3 Å². The molecule has 2 heterocycles. The fourth-order valence-electron chi connectivity index (χ4n) is 2.02. The Labute approximate surface area is 121 Å². The van der Waals surface area contributed by atoms with Gasteiger partial charge in [0.05, 0.1) is 11.6 Å². The molecule has 0 amide bonds. The fraction of sp³-hybridized carbons (Fsp3) is 0.455. The van der Waals surface area contributed by atoms with E-state index in [-0.39, 0.29) is 18.2 Å². The lowest BCUT2D eigenvalue weighted by molar-refractivity contribution is -0.142. The van der Waals surface area contributed by atoms with E-state index in [1.165, 1.54) is 22.6 Å². The number of rotatable bonds is 4. The monoisotopic (exact) mass is 319 g/mol. The highest BCUT2D eigenvalue weighted by molar-refractivity contribution is 7.90. The van der Waals surface area contributed by atoms with Crippen LogP contribution in [0.25, 0.3) is 0 Å². The van der Waals surface area contributed by atoms with Crippen molar-refractivity contribution in [2.24, 2.45) is 5.92 Å². The summed E-state index contributed by atoms with van der Waals surface area (Å²) in [6.07, 6.45) is 2.03. The van der Waals surface area contributed by atoms with Gasteiger partial charge in [-0.3, -0.25) is 9.52 Å². The van der Waals surface area contributed by atoms with Gasteiger partial charge in [0.2, 0.25) is 0 Å². The van der Waals surface area contributed by atoms with E-state index in [1.54, 1.807) is 0 Å². The first kappa shape index (κ1) is 15.0. The Balaban J connectivity index is 2.03. The SMILES string of the molecule is O=C(O)C1CCN(S(=O)(=O)Nc2ccnc(Cl)c2)CC1. The average molecular weight is 320 g/mol. The molecule has 0 aliphatic carbocycles. The molecule has 1 aromatic rings. The van der Waals surface area contributed by atoms with Gasteiger partial charge in [-0.2, -0.15) is 12.7 Å². The predicted molar refractivity (Wildman–Crippen MR) is 73.7 cm³/mol. The second-order valence-electron chi connectivity index (χ2n) is 4.49. The van der Waals surface area contributed by atoms with E-state index < -0.39 is 22.1 Å². The minimum Gasteiger partial charge on any atom is -0.481 e. The van der Waals surface area contributed by atoms with Gasteiger partial charge in [-0.05, 0) is 25.0 Å². The maximum Gasteiger partial charge on any atom is 0.306 e. The number of anilines is 1. The first-order chi connectivity index (χ1) is 9.38. The minimum atomic E-state index is -3.70. The number of hydrogen-bond donors (Lipinski definition) is 2. The van der Waals surface area contributed by atoms with Crippen LogP contribution < -0.4 is 4.72 Å². The zero-order chi connectivity index (χ0) is 14.8. The highest BCUT2D eigenvalue weighted by Crippen LogP contribution is 2.21. The summed E-state index contributed by atoms with van der Waals surface area (Å²) in [6, 6.07) is 2.90. The number of halogens is 1. The molecule has 0 atom stereocenters. The number of pyridine rings is 1. The first-order valence-corrected chi connectivity index (χ1v) is 7.82. The third-order valence-electron chi connectivity index (χ3n) is 3.12. The summed E-state index contributed by atoms with van der Waals surface area (Å²) in [5.41, 5.74) is 0.324. The van der Waals surface area contributed by atoms with Gasteiger partial charge in [-0.25, -0.2) is 4.98 Å². The van der Waals surface area contributed by atoms with Crippen molar-refractivity contribution >= 4 is 33.5 Å². The van der Waals surface area contributed by atoms with Crippen LogP contribution in [-0.4, -0.2) is 41.9 Å². The normalized spacial score (nSPS) is 17.9. The van der Waals surface area contributed by atoms with E-state index in [9.17, 15) is 13.2 Å². The van der Waals surface area contributed by atoms with Crippen molar-refractivity contribution in [3.63, 3.8) is 0 Å². The van der Waals surface area contributed by atoms with Crippen LogP contribution in [0.5, 0.6) is 0 Å². The zero-order valence-corrected chi connectivity index (χ0v) is 12.1. The molecule has 110 valence electrons. The molecule has 0 aromatic carbocycles. The molecule has 9 heteroatoms. The molecule has 1 aliphatic heterocycles. The minimum absolute atomic E-state index is 0.186. The molecule has 1 aliphatic rings. The predicted octanol–water partition coefficient (Wildman–Crippen LogP) is 1.19. The number of carboxylic acids is 1. The van der Waals surface area contributed by atoms with Crippen molar-refractivity contribution in [3.8, 4) is 0 Å². The number of piperidine rings is 1. The highest BCUT2D eigenvalue weighted by atomic mass is 35.5.